The lowest BCUT2D eigenvalue weighted by Crippen LogP contribution is -2.53. The summed E-state index contributed by atoms with van der Waals surface area (Å²) in [7, 11) is 0. The zero-order valence-corrected chi connectivity index (χ0v) is 16.6. The highest BCUT2D eigenvalue weighted by atomic mass is 16.5. The number of carbonyl (C=O) groups is 1. The predicted molar refractivity (Wildman–Crippen MR) is 105 cm³/mol. The van der Waals surface area contributed by atoms with Crippen molar-refractivity contribution in [3.8, 4) is 5.82 Å². The van der Waals surface area contributed by atoms with Gasteiger partial charge in [0, 0.05) is 18.0 Å². The zero-order valence-electron chi connectivity index (χ0n) is 16.6. The molecule has 0 atom stereocenters. The molecule has 0 aromatic carbocycles. The molecule has 1 aliphatic heterocycles. The SMILES string of the molecule is CC(C)(C(N)=O)c1cc(N2CCOCC2(C)C)nc2c1cnn2-c1ccn[nH]1. The number of primary amides is 1. The van der Waals surface area contributed by atoms with Crippen molar-refractivity contribution in [1.29, 1.82) is 0 Å². The first-order valence-corrected chi connectivity index (χ1v) is 9.26. The fourth-order valence-corrected chi connectivity index (χ4v) is 3.60. The lowest BCUT2D eigenvalue weighted by Gasteiger charge is -2.43. The van der Waals surface area contributed by atoms with E-state index in [4.69, 9.17) is 15.5 Å². The number of H-pyrrole nitrogens is 1. The number of nitrogens with zero attached hydrogens (tertiary/aromatic N) is 5. The second kappa shape index (κ2) is 6.30. The molecule has 1 saturated heterocycles. The molecule has 3 aromatic heterocycles. The summed E-state index contributed by atoms with van der Waals surface area (Å²) in [6, 6.07) is 3.78. The molecule has 3 aromatic rings. The number of nitrogens with one attached hydrogen (secondary N) is 1. The number of carbonyl (C=O) groups excluding carboxylic acids is 1. The molecule has 0 saturated carbocycles. The van der Waals surface area contributed by atoms with Gasteiger partial charge in [-0.25, -0.2) is 4.98 Å². The van der Waals surface area contributed by atoms with Gasteiger partial charge in [0.05, 0.1) is 36.6 Å². The average molecular weight is 383 g/mol. The van der Waals surface area contributed by atoms with Crippen molar-refractivity contribution in [3.63, 3.8) is 0 Å². The van der Waals surface area contributed by atoms with Crippen LogP contribution in [0.25, 0.3) is 16.9 Å². The highest BCUT2D eigenvalue weighted by Crippen LogP contribution is 2.35. The van der Waals surface area contributed by atoms with Crippen molar-refractivity contribution in [3.05, 3.63) is 30.1 Å². The maximum atomic E-state index is 12.2. The third-order valence-corrected chi connectivity index (χ3v) is 5.45. The van der Waals surface area contributed by atoms with Crippen LogP contribution < -0.4 is 10.6 Å². The Morgan fingerprint density at radius 1 is 1.39 bits per heavy atom. The van der Waals surface area contributed by atoms with Crippen LogP contribution in [-0.2, 0) is 14.9 Å². The normalized spacial score (nSPS) is 17.2. The van der Waals surface area contributed by atoms with Crippen LogP contribution in [0.2, 0.25) is 0 Å². The first-order valence-electron chi connectivity index (χ1n) is 9.26. The molecule has 4 heterocycles. The second-order valence-electron chi connectivity index (χ2n) is 8.27. The molecular formula is C19H25N7O2. The summed E-state index contributed by atoms with van der Waals surface area (Å²) < 4.78 is 7.35. The predicted octanol–water partition coefficient (Wildman–Crippen LogP) is 1.52. The number of nitrogens with two attached hydrogens (primary N) is 1. The molecule has 0 bridgehead atoms. The molecule has 148 valence electrons. The molecule has 1 amide bonds. The van der Waals surface area contributed by atoms with E-state index >= 15 is 0 Å². The van der Waals surface area contributed by atoms with Gasteiger partial charge in [-0.2, -0.15) is 14.9 Å². The summed E-state index contributed by atoms with van der Waals surface area (Å²) in [5.41, 5.74) is 6.07. The van der Waals surface area contributed by atoms with E-state index in [1.165, 1.54) is 0 Å². The third kappa shape index (κ3) is 2.82. The van der Waals surface area contributed by atoms with E-state index in [1.807, 2.05) is 26.0 Å². The Morgan fingerprint density at radius 3 is 2.82 bits per heavy atom. The molecule has 0 unspecified atom stereocenters. The van der Waals surface area contributed by atoms with E-state index in [0.29, 0.717) is 31.2 Å². The highest BCUT2D eigenvalue weighted by Gasteiger charge is 2.35. The second-order valence-corrected chi connectivity index (χ2v) is 8.27. The van der Waals surface area contributed by atoms with Crippen molar-refractivity contribution < 1.29 is 9.53 Å². The van der Waals surface area contributed by atoms with E-state index in [9.17, 15) is 4.79 Å². The Balaban J connectivity index is 1.98. The van der Waals surface area contributed by atoms with Crippen LogP contribution in [0, 0.1) is 0 Å². The molecule has 0 radical (unpaired) electrons. The fraction of sp³-hybridized carbons (Fsp3) is 0.474. The van der Waals surface area contributed by atoms with E-state index in [2.05, 4.69) is 34.0 Å². The van der Waals surface area contributed by atoms with Gasteiger partial charge in [0.15, 0.2) is 11.5 Å². The quantitative estimate of drug-likeness (QED) is 0.706. The van der Waals surface area contributed by atoms with Crippen LogP contribution in [0.5, 0.6) is 0 Å². The minimum Gasteiger partial charge on any atom is -0.377 e. The van der Waals surface area contributed by atoms with Gasteiger partial charge in [-0.3, -0.25) is 9.89 Å². The van der Waals surface area contributed by atoms with Crippen LogP contribution in [0.1, 0.15) is 33.3 Å². The molecule has 0 spiro atoms. The summed E-state index contributed by atoms with van der Waals surface area (Å²) in [5, 5.41) is 12.2. The summed E-state index contributed by atoms with van der Waals surface area (Å²) >= 11 is 0. The third-order valence-electron chi connectivity index (χ3n) is 5.45. The van der Waals surface area contributed by atoms with Gasteiger partial charge in [-0.1, -0.05) is 0 Å². The molecule has 9 nitrogen and oxygen atoms in total. The Morgan fingerprint density at radius 2 is 2.18 bits per heavy atom. The fourth-order valence-electron chi connectivity index (χ4n) is 3.60. The minimum atomic E-state index is -0.881. The van der Waals surface area contributed by atoms with E-state index in [0.717, 1.165) is 16.8 Å². The molecule has 3 N–H and O–H groups in total. The molecule has 0 aliphatic carbocycles. The Hall–Kier alpha value is -2.94. The standard InChI is InChI=1S/C19H25N7O2/c1-18(2)11-28-8-7-25(18)15-9-13(19(3,4)17(20)27)12-10-22-26(16(12)23-15)14-5-6-21-24-14/h5-6,9-10H,7-8,11H2,1-4H3,(H2,20,27)(H,21,24). The van der Waals surface area contributed by atoms with Gasteiger partial charge in [0.2, 0.25) is 5.91 Å². The number of pyridine rings is 1. The molecule has 4 rings (SSSR count). The highest BCUT2D eigenvalue weighted by molar-refractivity contribution is 5.93. The summed E-state index contributed by atoms with van der Waals surface area (Å²) in [5.74, 6) is 1.07. The van der Waals surface area contributed by atoms with Gasteiger partial charge in [0.1, 0.15) is 5.82 Å². The Labute approximate surface area is 162 Å². The number of rotatable bonds is 4. The van der Waals surface area contributed by atoms with Gasteiger partial charge < -0.3 is 15.4 Å². The maximum Gasteiger partial charge on any atom is 0.227 e. The topological polar surface area (TPSA) is 115 Å². The Kier molecular flexibility index (Phi) is 4.15. The number of amides is 1. The van der Waals surface area contributed by atoms with Crippen molar-refractivity contribution in [2.24, 2.45) is 5.73 Å². The number of anilines is 1. The molecule has 9 heteroatoms. The van der Waals surface area contributed by atoms with Crippen molar-refractivity contribution >= 4 is 22.8 Å². The largest absolute Gasteiger partial charge is 0.377 e. The number of fused-ring (bicyclic) bond motifs is 1. The van der Waals surface area contributed by atoms with Crippen LogP contribution in [0.15, 0.2) is 24.5 Å². The van der Waals surface area contributed by atoms with Gasteiger partial charge in [-0.05, 0) is 39.3 Å². The number of aromatic amines is 1. The minimum absolute atomic E-state index is 0.230. The monoisotopic (exact) mass is 383 g/mol. The molecule has 28 heavy (non-hydrogen) atoms. The number of ether oxygens (including phenoxy) is 1. The van der Waals surface area contributed by atoms with E-state index in [-0.39, 0.29) is 5.54 Å². The first-order chi connectivity index (χ1) is 13.2. The van der Waals surface area contributed by atoms with Gasteiger partial charge >= 0.3 is 0 Å². The van der Waals surface area contributed by atoms with Crippen LogP contribution in [0.3, 0.4) is 0 Å². The first kappa shape index (κ1) is 18.4. The summed E-state index contributed by atoms with van der Waals surface area (Å²) in [4.78, 5) is 19.4. The maximum absolute atomic E-state index is 12.2. The van der Waals surface area contributed by atoms with E-state index < -0.39 is 11.3 Å². The lowest BCUT2D eigenvalue weighted by molar-refractivity contribution is -0.122. The molecular weight excluding hydrogens is 358 g/mol. The molecule has 1 aliphatic rings. The van der Waals surface area contributed by atoms with E-state index in [1.54, 1.807) is 17.1 Å². The lowest BCUT2D eigenvalue weighted by atomic mass is 9.82. The van der Waals surface area contributed by atoms with Crippen LogP contribution in [0.4, 0.5) is 5.82 Å². The number of aromatic nitrogens is 5. The van der Waals surface area contributed by atoms with Crippen LogP contribution >= 0.6 is 0 Å². The van der Waals surface area contributed by atoms with Gasteiger partial charge in [0.25, 0.3) is 0 Å². The van der Waals surface area contributed by atoms with Gasteiger partial charge in [-0.15, -0.1) is 0 Å². The number of hydrogen-bond acceptors (Lipinski definition) is 6. The van der Waals surface area contributed by atoms with Crippen LogP contribution in [-0.4, -0.2) is 56.2 Å². The number of morpholine rings is 1. The number of hydrogen-bond donors (Lipinski definition) is 2. The summed E-state index contributed by atoms with van der Waals surface area (Å²) in [6.07, 6.45) is 3.38. The van der Waals surface area contributed by atoms with Crippen molar-refractivity contribution in [1.82, 2.24) is 25.0 Å². The Bertz CT molecular complexity index is 1020. The molecule has 1 fully saturated rings. The smallest absolute Gasteiger partial charge is 0.227 e. The van der Waals surface area contributed by atoms with Crippen molar-refractivity contribution in [2.45, 2.75) is 38.6 Å². The zero-order chi connectivity index (χ0) is 20.1. The summed E-state index contributed by atoms with van der Waals surface area (Å²) in [6.45, 7) is 9.81. The average Bonchev–Trinajstić information content (AvgIpc) is 3.29. The van der Waals surface area contributed by atoms with Crippen molar-refractivity contribution in [2.75, 3.05) is 24.7 Å².